The van der Waals surface area contributed by atoms with Gasteiger partial charge in [-0.3, -0.25) is 14.4 Å². The first-order valence-corrected chi connectivity index (χ1v) is 10.6. The van der Waals surface area contributed by atoms with Crippen LogP contribution >= 0.6 is 0 Å². The number of carbonyl (C=O) groups excluding carboxylic acids is 3. The second kappa shape index (κ2) is 7.49. The second-order valence-electron chi connectivity index (χ2n) is 9.57. The normalized spacial score (nSPS) is 35.5. The molecule has 6 nitrogen and oxygen atoms in total. The van der Waals surface area contributed by atoms with Gasteiger partial charge in [-0.15, -0.1) is 0 Å². The third-order valence-electron chi connectivity index (χ3n) is 7.23. The first-order valence-electron chi connectivity index (χ1n) is 10.6. The zero-order valence-electron chi connectivity index (χ0n) is 18.7. The molecule has 6 heteroatoms. The van der Waals surface area contributed by atoms with Crippen LogP contribution in [0.25, 0.3) is 0 Å². The van der Waals surface area contributed by atoms with E-state index in [-0.39, 0.29) is 18.3 Å². The molecule has 0 unspecified atom stereocenters. The summed E-state index contributed by atoms with van der Waals surface area (Å²) in [4.78, 5) is 36.2. The van der Waals surface area contributed by atoms with Gasteiger partial charge in [0.2, 0.25) is 0 Å². The monoisotopic (exact) mass is 416 g/mol. The van der Waals surface area contributed by atoms with E-state index in [0.29, 0.717) is 30.4 Å². The minimum absolute atomic E-state index is 0.0241. The van der Waals surface area contributed by atoms with E-state index in [1.165, 1.54) is 13.8 Å². The van der Waals surface area contributed by atoms with E-state index in [1.54, 1.807) is 6.08 Å². The number of hydrogen-bond acceptors (Lipinski definition) is 6. The van der Waals surface area contributed by atoms with Crippen LogP contribution in [0.3, 0.4) is 0 Å². The SMILES string of the molecule is CC(=O)OCC1=CC=C2[C@]3(O)C(C(C)C)=CC(=O)[C@]3(C)CC[C@@]2(C)[C@@H](OC(C)=O)C1. The third kappa shape index (κ3) is 3.25. The minimum atomic E-state index is -1.45. The number of aliphatic hydroxyl groups is 1. The van der Waals surface area contributed by atoms with Crippen molar-refractivity contribution >= 4 is 17.7 Å². The van der Waals surface area contributed by atoms with Gasteiger partial charge in [-0.1, -0.05) is 32.9 Å². The lowest BCUT2D eigenvalue weighted by Gasteiger charge is -2.55. The quantitative estimate of drug-likeness (QED) is 0.706. The summed E-state index contributed by atoms with van der Waals surface area (Å²) < 4.78 is 10.9. The van der Waals surface area contributed by atoms with Crippen molar-refractivity contribution in [3.8, 4) is 0 Å². The molecule has 3 rings (SSSR count). The summed E-state index contributed by atoms with van der Waals surface area (Å²) >= 11 is 0. The summed E-state index contributed by atoms with van der Waals surface area (Å²) in [5.74, 6) is -0.882. The first kappa shape index (κ1) is 22.5. The maximum atomic E-state index is 13.0. The highest BCUT2D eigenvalue weighted by Gasteiger charge is 2.67. The number of hydrogen-bond donors (Lipinski definition) is 1. The van der Waals surface area contributed by atoms with Crippen LogP contribution in [0.1, 0.15) is 60.8 Å². The molecule has 0 radical (unpaired) electrons. The highest BCUT2D eigenvalue weighted by atomic mass is 16.5. The smallest absolute Gasteiger partial charge is 0.302 e. The van der Waals surface area contributed by atoms with Gasteiger partial charge in [-0.05, 0) is 48.5 Å². The van der Waals surface area contributed by atoms with Crippen molar-refractivity contribution in [2.75, 3.05) is 6.61 Å². The maximum absolute atomic E-state index is 13.0. The zero-order chi connectivity index (χ0) is 22.5. The van der Waals surface area contributed by atoms with Crippen molar-refractivity contribution in [2.45, 2.75) is 72.5 Å². The number of ether oxygens (including phenoxy) is 2. The van der Waals surface area contributed by atoms with Crippen LogP contribution in [0.5, 0.6) is 0 Å². The van der Waals surface area contributed by atoms with E-state index in [4.69, 9.17) is 9.47 Å². The van der Waals surface area contributed by atoms with Crippen molar-refractivity contribution in [1.29, 1.82) is 0 Å². The minimum Gasteiger partial charge on any atom is -0.461 e. The lowest BCUT2D eigenvalue weighted by Crippen LogP contribution is -2.59. The van der Waals surface area contributed by atoms with Crippen LogP contribution in [0.4, 0.5) is 0 Å². The Morgan fingerprint density at radius 1 is 1.17 bits per heavy atom. The molecule has 1 N–H and O–H groups in total. The van der Waals surface area contributed by atoms with E-state index in [2.05, 4.69) is 0 Å². The number of carbonyl (C=O) groups is 3. The number of fused-ring (bicyclic) bond motifs is 3. The molecule has 0 heterocycles. The summed E-state index contributed by atoms with van der Waals surface area (Å²) in [6, 6.07) is 0. The van der Waals surface area contributed by atoms with Crippen molar-refractivity contribution in [1.82, 2.24) is 0 Å². The molecule has 3 aliphatic rings. The average Bonchev–Trinajstić information content (AvgIpc) is 2.76. The second-order valence-corrected chi connectivity index (χ2v) is 9.57. The number of ketones is 1. The Kier molecular flexibility index (Phi) is 5.61. The molecule has 4 atom stereocenters. The lowest BCUT2D eigenvalue weighted by molar-refractivity contribution is -0.159. The van der Waals surface area contributed by atoms with E-state index >= 15 is 0 Å². The van der Waals surface area contributed by atoms with Crippen molar-refractivity contribution in [3.05, 3.63) is 34.9 Å². The summed E-state index contributed by atoms with van der Waals surface area (Å²) in [5.41, 5.74) is -0.870. The van der Waals surface area contributed by atoms with E-state index in [0.717, 1.165) is 5.57 Å². The Morgan fingerprint density at radius 3 is 2.40 bits per heavy atom. The van der Waals surface area contributed by atoms with Gasteiger partial charge in [0.05, 0.1) is 5.41 Å². The predicted octanol–water partition coefficient (Wildman–Crippen LogP) is 3.44. The number of allylic oxidation sites excluding steroid dienone is 3. The Bertz CT molecular complexity index is 878. The van der Waals surface area contributed by atoms with Gasteiger partial charge < -0.3 is 14.6 Å². The molecular weight excluding hydrogens is 384 g/mol. The Morgan fingerprint density at radius 2 is 1.83 bits per heavy atom. The average molecular weight is 417 g/mol. The van der Waals surface area contributed by atoms with Gasteiger partial charge in [-0.2, -0.15) is 0 Å². The molecule has 0 aromatic carbocycles. The fourth-order valence-corrected chi connectivity index (χ4v) is 5.35. The molecule has 3 aliphatic carbocycles. The van der Waals surface area contributed by atoms with Crippen molar-refractivity contribution < 1.29 is 29.0 Å². The van der Waals surface area contributed by atoms with Crippen LogP contribution in [0, 0.1) is 16.7 Å². The predicted molar refractivity (Wildman–Crippen MR) is 111 cm³/mol. The van der Waals surface area contributed by atoms with Gasteiger partial charge in [0.1, 0.15) is 18.3 Å². The van der Waals surface area contributed by atoms with E-state index < -0.39 is 34.5 Å². The fraction of sp³-hybridized carbons (Fsp3) is 0.625. The van der Waals surface area contributed by atoms with E-state index in [9.17, 15) is 19.5 Å². The van der Waals surface area contributed by atoms with Gasteiger partial charge in [-0.25, -0.2) is 0 Å². The molecule has 0 aliphatic heterocycles. The summed E-state index contributed by atoms with van der Waals surface area (Å²) in [7, 11) is 0. The summed E-state index contributed by atoms with van der Waals surface area (Å²) in [5, 5.41) is 12.2. The molecule has 0 bridgehead atoms. The maximum Gasteiger partial charge on any atom is 0.302 e. The van der Waals surface area contributed by atoms with Gasteiger partial charge in [0.15, 0.2) is 5.78 Å². The third-order valence-corrected chi connectivity index (χ3v) is 7.23. The Labute approximate surface area is 178 Å². The fourth-order valence-electron chi connectivity index (χ4n) is 5.35. The number of esters is 2. The summed E-state index contributed by atoms with van der Waals surface area (Å²) in [6.07, 6.45) is 6.23. The summed E-state index contributed by atoms with van der Waals surface area (Å²) in [6.45, 7) is 10.6. The van der Waals surface area contributed by atoms with Crippen molar-refractivity contribution in [2.24, 2.45) is 16.7 Å². The molecule has 1 saturated carbocycles. The van der Waals surface area contributed by atoms with Crippen molar-refractivity contribution in [3.63, 3.8) is 0 Å². The van der Waals surface area contributed by atoms with Crippen LogP contribution < -0.4 is 0 Å². The largest absolute Gasteiger partial charge is 0.461 e. The molecule has 0 aromatic heterocycles. The molecule has 164 valence electrons. The van der Waals surface area contributed by atoms with Crippen LogP contribution in [-0.2, 0) is 23.9 Å². The van der Waals surface area contributed by atoms with Crippen LogP contribution in [0.2, 0.25) is 0 Å². The van der Waals surface area contributed by atoms with Crippen LogP contribution in [-0.4, -0.2) is 41.1 Å². The van der Waals surface area contributed by atoms with Gasteiger partial charge in [0.25, 0.3) is 0 Å². The number of rotatable bonds is 4. The standard InChI is InChI=1S/C24H32O6/c1-14(2)18-12-20(27)23(6)10-9-22(5)19(24(18,23)28)8-7-17(13-29-15(3)25)11-21(22)30-16(4)26/h7-8,12,14,21,28H,9-11,13H2,1-6H3/t21-,22+,23-,24+/m0/s1. The molecular formula is C24H32O6. The molecule has 1 fully saturated rings. The van der Waals surface area contributed by atoms with Crippen LogP contribution in [0.15, 0.2) is 34.9 Å². The molecule has 0 amide bonds. The lowest BCUT2D eigenvalue weighted by atomic mass is 9.51. The zero-order valence-corrected chi connectivity index (χ0v) is 18.7. The highest BCUT2D eigenvalue weighted by molar-refractivity contribution is 6.01. The highest BCUT2D eigenvalue weighted by Crippen LogP contribution is 2.64. The van der Waals surface area contributed by atoms with Gasteiger partial charge in [0, 0.05) is 25.7 Å². The molecule has 30 heavy (non-hydrogen) atoms. The molecule has 0 saturated heterocycles. The topological polar surface area (TPSA) is 89.9 Å². The Hall–Kier alpha value is -2.21. The molecule has 0 aromatic rings. The van der Waals surface area contributed by atoms with E-state index in [1.807, 2.05) is 39.8 Å². The molecule has 0 spiro atoms. The first-order chi connectivity index (χ1) is 13.9. The van der Waals surface area contributed by atoms with Gasteiger partial charge >= 0.3 is 11.9 Å². The Balaban J connectivity index is 2.17.